The third-order valence-corrected chi connectivity index (χ3v) is 2.43. The number of aryl methyl sites for hydroxylation is 1. The minimum absolute atomic E-state index is 0.228. The molecular weight excluding hydrogens is 232 g/mol. The van der Waals surface area contributed by atoms with E-state index in [1.165, 1.54) is 0 Å². The van der Waals surface area contributed by atoms with Gasteiger partial charge in [-0.2, -0.15) is 10.1 Å². The number of hydrogen-bond donors (Lipinski definition) is 2. The van der Waals surface area contributed by atoms with Crippen LogP contribution in [0.4, 0.5) is 5.95 Å². The topological polar surface area (TPSA) is 84.7 Å². The molecule has 2 aromatic heterocycles. The summed E-state index contributed by atoms with van der Waals surface area (Å²) in [6.45, 7) is 1.88. The molecule has 2 N–H and O–H groups in total. The molecule has 0 radical (unpaired) electrons. The zero-order valence-electron chi connectivity index (χ0n) is 10.4. The lowest BCUT2D eigenvalue weighted by atomic mass is 10.3. The van der Waals surface area contributed by atoms with Crippen molar-refractivity contribution in [2.24, 2.45) is 0 Å². The number of nitrogens with zero attached hydrogens (tertiary/aromatic N) is 4. The number of amides is 1. The van der Waals surface area contributed by atoms with E-state index >= 15 is 0 Å². The first-order chi connectivity index (χ1) is 8.65. The molecule has 0 bridgehead atoms. The maximum Gasteiger partial charge on any atom is 0.271 e. The lowest BCUT2D eigenvalue weighted by molar-refractivity contribution is 0.0957. The second-order valence-corrected chi connectivity index (χ2v) is 3.67. The summed E-state index contributed by atoms with van der Waals surface area (Å²) >= 11 is 0. The Morgan fingerprint density at radius 1 is 1.39 bits per heavy atom. The van der Waals surface area contributed by atoms with Crippen LogP contribution in [0.1, 0.15) is 16.1 Å². The highest BCUT2D eigenvalue weighted by atomic mass is 16.1. The normalized spacial score (nSPS) is 10.2. The number of rotatable bonds is 3. The summed E-state index contributed by atoms with van der Waals surface area (Å²) in [4.78, 5) is 19.8. The van der Waals surface area contributed by atoms with Crippen molar-refractivity contribution >= 4 is 11.9 Å². The molecule has 0 aromatic carbocycles. The Kier molecular flexibility index (Phi) is 3.22. The average Bonchev–Trinajstić information content (AvgIpc) is 2.88. The van der Waals surface area contributed by atoms with E-state index in [4.69, 9.17) is 0 Å². The fourth-order valence-electron chi connectivity index (χ4n) is 1.48. The van der Waals surface area contributed by atoms with E-state index in [0.717, 1.165) is 5.56 Å². The summed E-state index contributed by atoms with van der Waals surface area (Å²) in [6, 6.07) is 1.64. The molecule has 18 heavy (non-hydrogen) atoms. The van der Waals surface area contributed by atoms with Crippen LogP contribution in [-0.2, 0) is 0 Å². The third-order valence-electron chi connectivity index (χ3n) is 2.43. The number of nitrogens with one attached hydrogen (secondary N) is 2. The number of carbonyl (C=O) groups excluding carboxylic acids is 1. The van der Waals surface area contributed by atoms with Crippen LogP contribution in [0.15, 0.2) is 18.5 Å². The predicted octanol–water partition coefficient (Wildman–Crippen LogP) is 0.372. The van der Waals surface area contributed by atoms with Gasteiger partial charge in [-0.3, -0.25) is 4.79 Å². The highest BCUT2D eigenvalue weighted by Gasteiger charge is 2.11. The highest BCUT2D eigenvalue weighted by Crippen LogP contribution is 2.11. The number of aromatic nitrogens is 4. The fraction of sp³-hybridized carbons (Fsp3) is 0.273. The summed E-state index contributed by atoms with van der Waals surface area (Å²) in [5, 5.41) is 9.56. The molecular formula is C11H14N6O. The minimum Gasteiger partial charge on any atom is -0.357 e. The second-order valence-electron chi connectivity index (χ2n) is 3.67. The summed E-state index contributed by atoms with van der Waals surface area (Å²) in [5.74, 6) is 0.923. The zero-order chi connectivity index (χ0) is 13.1. The molecule has 0 aliphatic heterocycles. The van der Waals surface area contributed by atoms with Crippen molar-refractivity contribution in [3.8, 4) is 5.82 Å². The average molecular weight is 246 g/mol. The van der Waals surface area contributed by atoms with Crippen LogP contribution in [0.3, 0.4) is 0 Å². The molecule has 0 saturated heterocycles. The van der Waals surface area contributed by atoms with Crippen molar-refractivity contribution in [3.05, 3.63) is 29.7 Å². The van der Waals surface area contributed by atoms with Gasteiger partial charge in [-0.1, -0.05) is 0 Å². The van der Waals surface area contributed by atoms with Gasteiger partial charge in [-0.25, -0.2) is 9.67 Å². The molecule has 1 amide bonds. The molecule has 2 heterocycles. The van der Waals surface area contributed by atoms with Crippen molar-refractivity contribution in [1.82, 2.24) is 25.1 Å². The van der Waals surface area contributed by atoms with Crippen molar-refractivity contribution in [3.63, 3.8) is 0 Å². The Morgan fingerprint density at radius 2 is 2.17 bits per heavy atom. The fourth-order valence-corrected chi connectivity index (χ4v) is 1.48. The third kappa shape index (κ3) is 2.15. The Hall–Kier alpha value is -2.44. The lowest BCUT2D eigenvalue weighted by Gasteiger charge is -2.06. The summed E-state index contributed by atoms with van der Waals surface area (Å²) in [6.07, 6.45) is 3.40. The van der Waals surface area contributed by atoms with E-state index in [2.05, 4.69) is 25.7 Å². The van der Waals surface area contributed by atoms with Gasteiger partial charge < -0.3 is 10.6 Å². The van der Waals surface area contributed by atoms with Gasteiger partial charge in [-0.05, 0) is 13.0 Å². The van der Waals surface area contributed by atoms with Gasteiger partial charge in [0, 0.05) is 32.1 Å². The standard InChI is InChI=1S/C11H14N6O/c1-7-6-14-11(13-3)15-9(7)17-5-4-8(16-17)10(18)12-2/h4-6H,1-3H3,(H,12,18)(H,13,14,15). The Labute approximate surface area is 104 Å². The van der Waals surface area contributed by atoms with E-state index in [0.29, 0.717) is 17.5 Å². The zero-order valence-corrected chi connectivity index (χ0v) is 10.4. The van der Waals surface area contributed by atoms with E-state index in [-0.39, 0.29) is 5.91 Å². The largest absolute Gasteiger partial charge is 0.357 e. The second kappa shape index (κ2) is 4.82. The molecule has 7 heteroatoms. The quantitative estimate of drug-likeness (QED) is 0.817. The predicted molar refractivity (Wildman–Crippen MR) is 66.8 cm³/mol. The van der Waals surface area contributed by atoms with Crippen molar-refractivity contribution in [2.45, 2.75) is 6.92 Å². The highest BCUT2D eigenvalue weighted by molar-refractivity contribution is 5.91. The maximum absolute atomic E-state index is 11.4. The van der Waals surface area contributed by atoms with E-state index < -0.39 is 0 Å². The van der Waals surface area contributed by atoms with Gasteiger partial charge in [0.1, 0.15) is 0 Å². The first-order valence-corrected chi connectivity index (χ1v) is 5.45. The van der Waals surface area contributed by atoms with Gasteiger partial charge >= 0.3 is 0 Å². The summed E-state index contributed by atoms with van der Waals surface area (Å²) < 4.78 is 1.56. The molecule has 0 atom stereocenters. The van der Waals surface area contributed by atoms with Crippen LogP contribution in [0.25, 0.3) is 5.82 Å². The molecule has 0 unspecified atom stereocenters. The van der Waals surface area contributed by atoms with Gasteiger partial charge in [0.25, 0.3) is 5.91 Å². The van der Waals surface area contributed by atoms with Crippen LogP contribution < -0.4 is 10.6 Å². The van der Waals surface area contributed by atoms with Crippen LogP contribution >= 0.6 is 0 Å². The van der Waals surface area contributed by atoms with Gasteiger partial charge in [0.2, 0.25) is 5.95 Å². The minimum atomic E-state index is -0.228. The van der Waals surface area contributed by atoms with Crippen LogP contribution in [0.5, 0.6) is 0 Å². The molecule has 0 saturated carbocycles. The van der Waals surface area contributed by atoms with Gasteiger partial charge in [-0.15, -0.1) is 0 Å². The van der Waals surface area contributed by atoms with Crippen LogP contribution in [0, 0.1) is 6.92 Å². The lowest BCUT2D eigenvalue weighted by Crippen LogP contribution is -2.18. The van der Waals surface area contributed by atoms with Gasteiger partial charge in [0.05, 0.1) is 0 Å². The van der Waals surface area contributed by atoms with E-state index in [1.54, 1.807) is 37.2 Å². The molecule has 0 fully saturated rings. The Morgan fingerprint density at radius 3 is 2.83 bits per heavy atom. The molecule has 0 aliphatic rings. The molecule has 2 aromatic rings. The SMILES string of the molecule is CNC(=O)c1ccn(-c2nc(NC)ncc2C)n1. The Bertz CT molecular complexity index is 577. The van der Waals surface area contributed by atoms with E-state index in [9.17, 15) is 4.79 Å². The van der Waals surface area contributed by atoms with Crippen molar-refractivity contribution < 1.29 is 4.79 Å². The monoisotopic (exact) mass is 246 g/mol. The van der Waals surface area contributed by atoms with Crippen molar-refractivity contribution in [2.75, 3.05) is 19.4 Å². The van der Waals surface area contributed by atoms with Crippen LogP contribution in [-0.4, -0.2) is 39.8 Å². The first kappa shape index (κ1) is 12.0. The first-order valence-electron chi connectivity index (χ1n) is 5.45. The molecule has 7 nitrogen and oxygen atoms in total. The molecule has 0 aliphatic carbocycles. The van der Waals surface area contributed by atoms with Crippen LogP contribution in [0.2, 0.25) is 0 Å². The number of carbonyl (C=O) groups is 1. The molecule has 94 valence electrons. The van der Waals surface area contributed by atoms with E-state index in [1.807, 2.05) is 6.92 Å². The number of hydrogen-bond acceptors (Lipinski definition) is 5. The Balaban J connectivity index is 2.42. The van der Waals surface area contributed by atoms with Crippen molar-refractivity contribution in [1.29, 1.82) is 0 Å². The molecule has 0 spiro atoms. The van der Waals surface area contributed by atoms with Gasteiger partial charge in [0.15, 0.2) is 11.5 Å². The summed E-state index contributed by atoms with van der Waals surface area (Å²) in [7, 11) is 3.31. The smallest absolute Gasteiger partial charge is 0.271 e. The number of anilines is 1. The summed E-state index contributed by atoms with van der Waals surface area (Å²) in [5.41, 5.74) is 1.22. The maximum atomic E-state index is 11.4. The molecule has 2 rings (SSSR count).